The van der Waals surface area contributed by atoms with Crippen LogP contribution >= 0.6 is 11.3 Å². The Balaban J connectivity index is 1.21. The van der Waals surface area contributed by atoms with Gasteiger partial charge in [-0.2, -0.15) is 0 Å². The maximum absolute atomic E-state index is 13.8. The van der Waals surface area contributed by atoms with Crippen LogP contribution < -0.4 is 10.9 Å². The number of hydrogen-bond acceptors (Lipinski definition) is 6. The number of aliphatic hydroxyl groups is 1. The molecule has 1 amide bonds. The van der Waals surface area contributed by atoms with Gasteiger partial charge in [0.05, 0.1) is 16.5 Å². The molecule has 4 aromatic rings. The highest BCUT2D eigenvalue weighted by atomic mass is 32.1. The van der Waals surface area contributed by atoms with E-state index in [1.54, 1.807) is 6.20 Å². The Hall–Kier alpha value is -3.33. The second kappa shape index (κ2) is 12.2. The molecule has 3 aromatic heterocycles. The number of aromatic nitrogens is 2. The van der Waals surface area contributed by atoms with E-state index in [0.717, 1.165) is 85.1 Å². The Morgan fingerprint density at radius 2 is 1.86 bits per heavy atom. The van der Waals surface area contributed by atoms with E-state index in [4.69, 9.17) is 4.98 Å². The summed E-state index contributed by atoms with van der Waals surface area (Å²) >= 11 is 1.48. The first-order valence-corrected chi connectivity index (χ1v) is 16.7. The summed E-state index contributed by atoms with van der Waals surface area (Å²) < 4.78 is 0. The van der Waals surface area contributed by atoms with Crippen LogP contribution in [0.2, 0.25) is 0 Å². The minimum Gasteiger partial charge on any atom is -0.390 e. The Morgan fingerprint density at radius 3 is 2.55 bits per heavy atom. The van der Waals surface area contributed by atoms with Gasteiger partial charge in [0.15, 0.2) is 0 Å². The summed E-state index contributed by atoms with van der Waals surface area (Å²) in [5, 5.41) is 14.8. The lowest BCUT2D eigenvalue weighted by atomic mass is 9.71. The van der Waals surface area contributed by atoms with Gasteiger partial charge in [-0.3, -0.25) is 9.59 Å². The van der Waals surface area contributed by atoms with Crippen molar-refractivity contribution in [3.8, 4) is 11.1 Å². The van der Waals surface area contributed by atoms with Gasteiger partial charge in [0, 0.05) is 43.0 Å². The van der Waals surface area contributed by atoms with E-state index in [2.05, 4.69) is 54.2 Å². The quantitative estimate of drug-likeness (QED) is 0.221. The number of pyridine rings is 2. The molecule has 3 N–H and O–H groups in total. The summed E-state index contributed by atoms with van der Waals surface area (Å²) in [6, 6.07) is 15.7. The van der Waals surface area contributed by atoms with Gasteiger partial charge in [-0.25, -0.2) is 4.98 Å². The molecular formula is C36H44N4O3S. The lowest BCUT2D eigenvalue weighted by molar-refractivity contribution is -0.00591. The number of nitrogens with zero attached hydrogens (tertiary/aromatic N) is 2. The highest BCUT2D eigenvalue weighted by Crippen LogP contribution is 2.38. The van der Waals surface area contributed by atoms with Gasteiger partial charge >= 0.3 is 0 Å². The van der Waals surface area contributed by atoms with Crippen LogP contribution in [-0.2, 0) is 12.8 Å². The molecule has 0 spiro atoms. The summed E-state index contributed by atoms with van der Waals surface area (Å²) in [6.45, 7) is 11.4. The predicted molar refractivity (Wildman–Crippen MR) is 178 cm³/mol. The number of thiophene rings is 1. The molecule has 1 aliphatic heterocycles. The number of nitrogens with one attached hydrogen (secondary N) is 2. The molecule has 1 fully saturated rings. The largest absolute Gasteiger partial charge is 0.390 e. The average molecular weight is 613 g/mol. The molecule has 7 nitrogen and oxygen atoms in total. The number of benzene rings is 1. The topological polar surface area (TPSA) is 98.3 Å². The number of fused-ring (bicyclic) bond motifs is 2. The molecule has 232 valence electrons. The van der Waals surface area contributed by atoms with Crippen LogP contribution in [0, 0.1) is 11.3 Å². The number of likely N-dealkylation sites (tertiary alicyclic amines) is 1. The molecule has 1 aromatic carbocycles. The third kappa shape index (κ3) is 6.98. The third-order valence-electron chi connectivity index (χ3n) is 9.72. The molecular weight excluding hydrogens is 568 g/mol. The highest BCUT2D eigenvalue weighted by molar-refractivity contribution is 7.20. The molecule has 2 atom stereocenters. The van der Waals surface area contributed by atoms with Gasteiger partial charge in [-0.15, -0.1) is 11.3 Å². The number of rotatable bonds is 7. The van der Waals surface area contributed by atoms with Crippen molar-refractivity contribution in [1.82, 2.24) is 20.2 Å². The van der Waals surface area contributed by atoms with Gasteiger partial charge in [-0.1, -0.05) is 45.0 Å². The predicted octanol–water partition coefficient (Wildman–Crippen LogP) is 6.51. The number of H-pyrrole nitrogens is 1. The van der Waals surface area contributed by atoms with Crippen LogP contribution in [-0.4, -0.2) is 51.1 Å². The summed E-state index contributed by atoms with van der Waals surface area (Å²) in [6.07, 6.45) is 7.19. The van der Waals surface area contributed by atoms with Crippen molar-refractivity contribution in [2.24, 2.45) is 11.3 Å². The average Bonchev–Trinajstić information content (AvgIpc) is 3.41. The summed E-state index contributed by atoms with van der Waals surface area (Å²) in [5.74, 6) is 0.563. The molecule has 2 aliphatic rings. The maximum atomic E-state index is 13.8. The SMILES string of the molecule is CC1(O)CCN(CC[C@@H](NC(=O)c2cc3cc4c(nc3s2)CC[C@H](C(C)(C)C)C4)c2ccc(-c3ccc(=O)[nH]c3)cc2)CC1. The highest BCUT2D eigenvalue weighted by Gasteiger charge is 2.30. The Morgan fingerprint density at radius 1 is 1.14 bits per heavy atom. The van der Waals surface area contributed by atoms with Gasteiger partial charge < -0.3 is 20.3 Å². The van der Waals surface area contributed by atoms with E-state index < -0.39 is 5.60 Å². The molecule has 44 heavy (non-hydrogen) atoms. The van der Waals surface area contributed by atoms with Crippen molar-refractivity contribution in [3.63, 3.8) is 0 Å². The van der Waals surface area contributed by atoms with E-state index in [1.807, 2.05) is 31.2 Å². The zero-order chi connectivity index (χ0) is 31.1. The number of hydrogen-bond donors (Lipinski definition) is 3. The van der Waals surface area contributed by atoms with Crippen molar-refractivity contribution in [3.05, 3.63) is 86.8 Å². The zero-order valence-corrected chi connectivity index (χ0v) is 27.1. The second-order valence-corrected chi connectivity index (χ2v) is 15.2. The summed E-state index contributed by atoms with van der Waals surface area (Å²) in [4.78, 5) is 37.0. The fraction of sp³-hybridized carbons (Fsp3) is 0.472. The Labute approximate surface area is 263 Å². The first kappa shape index (κ1) is 30.7. The normalized spacial score (nSPS) is 19.4. The van der Waals surface area contributed by atoms with Crippen molar-refractivity contribution >= 4 is 27.5 Å². The fourth-order valence-electron chi connectivity index (χ4n) is 6.59. The standard InChI is InChI=1S/C36H44N4O3S/c1-35(2,3)28-10-11-29-26(20-28)19-27-21-31(44-34(27)39-29)33(42)38-30(13-16-40-17-14-36(4,43)15-18-40)24-7-5-23(6-8-24)25-9-12-32(41)37-22-25/h5-9,12,19,21-22,28,30,43H,10-11,13-18,20H2,1-4H3,(H,37,41)(H,38,42)/t28-,30+/m0/s1. The van der Waals surface area contributed by atoms with Crippen molar-refractivity contribution in [2.75, 3.05) is 19.6 Å². The third-order valence-corrected chi connectivity index (χ3v) is 10.8. The number of carbonyl (C=O) groups is 1. The molecule has 8 heteroatoms. The number of aromatic amines is 1. The van der Waals surface area contributed by atoms with Gasteiger partial charge in [0.25, 0.3) is 5.91 Å². The first-order valence-electron chi connectivity index (χ1n) is 15.9. The lowest BCUT2D eigenvalue weighted by Gasteiger charge is -2.36. The Kier molecular flexibility index (Phi) is 8.52. The summed E-state index contributed by atoms with van der Waals surface area (Å²) in [5.41, 5.74) is 5.04. The van der Waals surface area contributed by atoms with E-state index in [1.165, 1.54) is 28.7 Å². The van der Waals surface area contributed by atoms with Gasteiger partial charge in [0.2, 0.25) is 5.56 Å². The molecule has 0 bridgehead atoms. The minimum atomic E-state index is -0.593. The number of piperidine rings is 1. The first-order chi connectivity index (χ1) is 20.9. The zero-order valence-electron chi connectivity index (χ0n) is 26.3. The smallest absolute Gasteiger partial charge is 0.261 e. The number of aryl methyl sites for hydroxylation is 1. The maximum Gasteiger partial charge on any atom is 0.261 e. The van der Waals surface area contributed by atoms with Crippen LogP contribution in [0.15, 0.2) is 59.5 Å². The molecule has 1 saturated heterocycles. The van der Waals surface area contributed by atoms with Crippen molar-refractivity contribution in [1.29, 1.82) is 0 Å². The lowest BCUT2D eigenvalue weighted by Crippen LogP contribution is -2.43. The molecule has 0 saturated carbocycles. The minimum absolute atomic E-state index is 0.0742. The molecule has 1 aliphatic carbocycles. The van der Waals surface area contributed by atoms with E-state index in [0.29, 0.717) is 10.8 Å². The van der Waals surface area contributed by atoms with E-state index in [9.17, 15) is 14.7 Å². The second-order valence-electron chi connectivity index (χ2n) is 14.1. The van der Waals surface area contributed by atoms with Gasteiger partial charge in [-0.05, 0) is 97.2 Å². The van der Waals surface area contributed by atoms with Crippen LogP contribution in [0.3, 0.4) is 0 Å². The Bertz CT molecular complexity index is 1670. The van der Waals surface area contributed by atoms with Crippen LogP contribution in [0.1, 0.15) is 85.9 Å². The fourth-order valence-corrected chi connectivity index (χ4v) is 7.53. The molecule has 0 unspecified atom stereocenters. The van der Waals surface area contributed by atoms with Crippen molar-refractivity contribution in [2.45, 2.75) is 77.9 Å². The van der Waals surface area contributed by atoms with Crippen LogP contribution in [0.25, 0.3) is 21.3 Å². The van der Waals surface area contributed by atoms with Crippen molar-refractivity contribution < 1.29 is 9.90 Å². The van der Waals surface area contributed by atoms with Crippen LogP contribution in [0.5, 0.6) is 0 Å². The van der Waals surface area contributed by atoms with Gasteiger partial charge in [0.1, 0.15) is 4.83 Å². The molecule has 6 rings (SSSR count). The number of amides is 1. The molecule has 0 radical (unpaired) electrons. The van der Waals surface area contributed by atoms with E-state index >= 15 is 0 Å². The van der Waals surface area contributed by atoms with E-state index in [-0.39, 0.29) is 22.9 Å². The monoisotopic (exact) mass is 612 g/mol. The molecule has 4 heterocycles. The number of carbonyl (C=O) groups excluding carboxylic acids is 1. The van der Waals surface area contributed by atoms with Crippen LogP contribution in [0.4, 0.5) is 0 Å². The summed E-state index contributed by atoms with van der Waals surface area (Å²) in [7, 11) is 0.